The summed E-state index contributed by atoms with van der Waals surface area (Å²) in [5.41, 5.74) is 4.19. The van der Waals surface area contributed by atoms with Crippen LogP contribution in [0.1, 0.15) is 31.9 Å². The molecule has 1 aromatic carbocycles. The van der Waals surface area contributed by atoms with E-state index in [1.165, 1.54) is 0 Å². The number of nitrogens with one attached hydrogen (secondary N) is 1. The van der Waals surface area contributed by atoms with E-state index in [9.17, 15) is 4.79 Å². The number of ether oxygens (including phenoxy) is 1. The van der Waals surface area contributed by atoms with E-state index < -0.39 is 11.6 Å². The van der Waals surface area contributed by atoms with Crippen molar-refractivity contribution in [2.45, 2.75) is 26.4 Å². The minimum Gasteiger partial charge on any atom is -0.455 e. The number of carbonyl (C=O) groups is 1. The molecule has 4 heteroatoms. The lowest BCUT2D eigenvalue weighted by atomic mass is 10.0. The summed E-state index contributed by atoms with van der Waals surface area (Å²) in [7, 11) is 0. The van der Waals surface area contributed by atoms with Gasteiger partial charge >= 0.3 is 5.97 Å². The summed E-state index contributed by atoms with van der Waals surface area (Å²) < 4.78 is 5.35. The largest absolute Gasteiger partial charge is 0.455 e. The van der Waals surface area contributed by atoms with Gasteiger partial charge in [0.1, 0.15) is 5.60 Å². The predicted molar refractivity (Wildman–Crippen MR) is 71.0 cm³/mol. The highest BCUT2D eigenvalue weighted by atomic mass is 16.6. The van der Waals surface area contributed by atoms with Gasteiger partial charge in [0.15, 0.2) is 5.71 Å². The molecule has 0 unspecified atom stereocenters. The molecule has 0 fully saturated rings. The first-order chi connectivity index (χ1) is 8.47. The summed E-state index contributed by atoms with van der Waals surface area (Å²) in [6, 6.07) is 7.58. The highest BCUT2D eigenvalue weighted by molar-refractivity contribution is 6.44. The van der Waals surface area contributed by atoms with E-state index in [1.54, 1.807) is 6.20 Å². The fraction of sp³-hybridized carbons (Fsp3) is 0.286. The van der Waals surface area contributed by atoms with Gasteiger partial charge in [0.2, 0.25) is 0 Å². The Balaban J connectivity index is 2.36. The van der Waals surface area contributed by atoms with Crippen LogP contribution in [0.4, 0.5) is 0 Å². The van der Waals surface area contributed by atoms with Gasteiger partial charge in [0.05, 0.1) is 0 Å². The molecule has 0 atom stereocenters. The molecule has 4 nitrogen and oxygen atoms in total. The van der Waals surface area contributed by atoms with Crippen LogP contribution >= 0.6 is 0 Å². The highest BCUT2D eigenvalue weighted by Crippen LogP contribution is 2.16. The maximum Gasteiger partial charge on any atom is 0.359 e. The van der Waals surface area contributed by atoms with Crippen LogP contribution in [0.5, 0.6) is 0 Å². The lowest BCUT2D eigenvalue weighted by Crippen LogP contribution is -2.30. The van der Waals surface area contributed by atoms with Gasteiger partial charge in [-0.25, -0.2) is 4.79 Å². The van der Waals surface area contributed by atoms with Crippen molar-refractivity contribution in [2.75, 3.05) is 0 Å². The van der Waals surface area contributed by atoms with Crippen LogP contribution in [0.15, 0.2) is 35.6 Å². The molecule has 0 spiro atoms. The van der Waals surface area contributed by atoms with E-state index in [-0.39, 0.29) is 0 Å². The van der Waals surface area contributed by atoms with Gasteiger partial charge in [-0.2, -0.15) is 5.10 Å². The van der Waals surface area contributed by atoms with E-state index in [0.717, 1.165) is 11.1 Å². The minimum atomic E-state index is -0.533. The predicted octanol–water partition coefficient (Wildman–Crippen LogP) is 2.31. The van der Waals surface area contributed by atoms with Crippen LogP contribution in [-0.2, 0) is 9.53 Å². The quantitative estimate of drug-likeness (QED) is 0.771. The molecule has 1 aliphatic rings. The molecule has 0 amide bonds. The second kappa shape index (κ2) is 4.64. The Hall–Kier alpha value is -2.10. The molecule has 1 N–H and O–H groups in total. The first kappa shape index (κ1) is 12.4. The Morgan fingerprint density at radius 1 is 1.28 bits per heavy atom. The Labute approximate surface area is 106 Å². The molecule has 94 valence electrons. The molecular formula is C14H16N2O2. The third-order valence-corrected chi connectivity index (χ3v) is 2.32. The molecule has 0 radical (unpaired) electrons. The van der Waals surface area contributed by atoms with Crippen molar-refractivity contribution in [2.24, 2.45) is 5.10 Å². The summed E-state index contributed by atoms with van der Waals surface area (Å²) in [6.07, 6.45) is 3.56. The van der Waals surface area contributed by atoms with Crippen LogP contribution in [0.25, 0.3) is 6.08 Å². The molecule has 1 aliphatic heterocycles. The second-order valence-corrected chi connectivity index (χ2v) is 5.01. The SMILES string of the molecule is CC(C)(C)OC(=O)C1=NNC=Cc2ccccc21. The molecule has 2 rings (SSSR count). The van der Waals surface area contributed by atoms with Gasteiger partial charge in [-0.3, -0.25) is 5.43 Å². The zero-order valence-corrected chi connectivity index (χ0v) is 10.7. The van der Waals surface area contributed by atoms with Crippen molar-refractivity contribution in [1.82, 2.24) is 5.43 Å². The standard InChI is InChI=1S/C14H16N2O2/c1-14(2,3)18-13(17)12-11-7-5-4-6-10(11)8-9-15-16-12/h4-9,15H,1-3H3. The average molecular weight is 244 g/mol. The zero-order valence-electron chi connectivity index (χ0n) is 10.7. The summed E-state index contributed by atoms with van der Waals surface area (Å²) >= 11 is 0. The maximum atomic E-state index is 12.1. The first-order valence-corrected chi connectivity index (χ1v) is 5.80. The van der Waals surface area contributed by atoms with Crippen molar-refractivity contribution in [3.05, 3.63) is 41.6 Å². The normalized spacial score (nSPS) is 14.1. The van der Waals surface area contributed by atoms with Crippen molar-refractivity contribution in [3.63, 3.8) is 0 Å². The van der Waals surface area contributed by atoms with Gasteiger partial charge in [-0.15, -0.1) is 0 Å². The van der Waals surface area contributed by atoms with Crippen molar-refractivity contribution in [3.8, 4) is 0 Å². The summed E-state index contributed by atoms with van der Waals surface area (Å²) in [6.45, 7) is 5.50. The Kier molecular flexibility index (Phi) is 3.19. The lowest BCUT2D eigenvalue weighted by Gasteiger charge is -2.20. The number of rotatable bonds is 1. The van der Waals surface area contributed by atoms with Gasteiger partial charge in [-0.05, 0) is 32.4 Å². The molecule has 0 saturated carbocycles. The molecule has 1 heterocycles. The van der Waals surface area contributed by atoms with Gasteiger partial charge in [-0.1, -0.05) is 24.3 Å². The number of nitrogens with zero attached hydrogens (tertiary/aromatic N) is 1. The van der Waals surface area contributed by atoms with E-state index >= 15 is 0 Å². The van der Waals surface area contributed by atoms with Crippen molar-refractivity contribution < 1.29 is 9.53 Å². The van der Waals surface area contributed by atoms with Crippen molar-refractivity contribution in [1.29, 1.82) is 0 Å². The Morgan fingerprint density at radius 2 is 2.00 bits per heavy atom. The van der Waals surface area contributed by atoms with Crippen molar-refractivity contribution >= 4 is 17.8 Å². The summed E-state index contributed by atoms with van der Waals surface area (Å²) in [5, 5.41) is 4.05. The zero-order chi connectivity index (χ0) is 13.2. The third kappa shape index (κ3) is 2.77. The molecule has 1 aromatic rings. The fourth-order valence-electron chi connectivity index (χ4n) is 1.63. The van der Waals surface area contributed by atoms with Crippen LogP contribution in [0, 0.1) is 0 Å². The highest BCUT2D eigenvalue weighted by Gasteiger charge is 2.24. The Morgan fingerprint density at radius 3 is 2.72 bits per heavy atom. The number of hydrazone groups is 1. The maximum absolute atomic E-state index is 12.1. The summed E-state index contributed by atoms with van der Waals surface area (Å²) in [5.74, 6) is -0.425. The number of carbonyl (C=O) groups excluding carboxylic acids is 1. The number of benzene rings is 1. The molecule has 0 bridgehead atoms. The third-order valence-electron chi connectivity index (χ3n) is 2.32. The lowest BCUT2D eigenvalue weighted by molar-refractivity contribution is -0.146. The number of fused-ring (bicyclic) bond motifs is 1. The van der Waals surface area contributed by atoms with Gasteiger partial charge in [0.25, 0.3) is 0 Å². The second-order valence-electron chi connectivity index (χ2n) is 5.01. The van der Waals surface area contributed by atoms with E-state index in [2.05, 4.69) is 10.5 Å². The van der Waals surface area contributed by atoms with E-state index in [1.807, 2.05) is 51.1 Å². The molecule has 0 saturated heterocycles. The van der Waals surface area contributed by atoms with Crippen LogP contribution in [-0.4, -0.2) is 17.3 Å². The molecule has 0 aliphatic carbocycles. The van der Waals surface area contributed by atoms with E-state index in [4.69, 9.17) is 4.74 Å². The summed E-state index contributed by atoms with van der Waals surface area (Å²) in [4.78, 5) is 12.1. The van der Waals surface area contributed by atoms with Gasteiger partial charge < -0.3 is 4.74 Å². The van der Waals surface area contributed by atoms with E-state index in [0.29, 0.717) is 5.71 Å². The monoisotopic (exact) mass is 244 g/mol. The van der Waals surface area contributed by atoms with Crippen LogP contribution in [0.2, 0.25) is 0 Å². The van der Waals surface area contributed by atoms with Crippen LogP contribution < -0.4 is 5.43 Å². The number of esters is 1. The Bertz CT molecular complexity index is 525. The average Bonchev–Trinajstić information content (AvgIpc) is 2.48. The number of hydrogen-bond donors (Lipinski definition) is 1. The molecule has 0 aromatic heterocycles. The topological polar surface area (TPSA) is 50.7 Å². The molecular weight excluding hydrogens is 228 g/mol. The molecule has 18 heavy (non-hydrogen) atoms. The van der Waals surface area contributed by atoms with Crippen LogP contribution in [0.3, 0.4) is 0 Å². The number of hydrogen-bond acceptors (Lipinski definition) is 4. The first-order valence-electron chi connectivity index (χ1n) is 5.80. The minimum absolute atomic E-state index is 0.297. The van der Waals surface area contributed by atoms with Gasteiger partial charge in [0, 0.05) is 11.8 Å². The fourth-order valence-corrected chi connectivity index (χ4v) is 1.63. The smallest absolute Gasteiger partial charge is 0.359 e.